The number of rotatable bonds is 8. The SMILES string of the molecule is COc1ccc(CCNCc2ccc(-c3ccc(Br)c(C)c3)o2)cc1OC.Cl. The van der Waals surface area contributed by atoms with Crippen LogP contribution in [0.5, 0.6) is 11.5 Å². The summed E-state index contributed by atoms with van der Waals surface area (Å²) >= 11 is 3.53. The number of furan rings is 1. The van der Waals surface area contributed by atoms with Crippen LogP contribution < -0.4 is 14.8 Å². The number of methoxy groups -OCH3 is 2. The third-order valence-corrected chi connectivity index (χ3v) is 5.33. The monoisotopic (exact) mass is 465 g/mol. The first-order chi connectivity index (χ1) is 13.1. The predicted molar refractivity (Wildman–Crippen MR) is 119 cm³/mol. The van der Waals surface area contributed by atoms with Crippen LogP contribution in [0.3, 0.4) is 0 Å². The highest BCUT2D eigenvalue weighted by Crippen LogP contribution is 2.28. The molecule has 6 heteroatoms. The lowest BCUT2D eigenvalue weighted by Gasteiger charge is -2.09. The number of ether oxygens (including phenoxy) is 2. The summed E-state index contributed by atoms with van der Waals surface area (Å²) in [4.78, 5) is 0. The molecule has 3 rings (SSSR count). The molecule has 0 saturated carbocycles. The molecule has 1 heterocycles. The Labute approximate surface area is 180 Å². The first-order valence-electron chi connectivity index (χ1n) is 8.87. The van der Waals surface area contributed by atoms with E-state index in [-0.39, 0.29) is 12.4 Å². The lowest BCUT2D eigenvalue weighted by atomic mass is 10.1. The molecular weight excluding hydrogens is 442 g/mol. The number of halogens is 2. The molecule has 2 aromatic carbocycles. The van der Waals surface area contributed by atoms with Gasteiger partial charge in [-0.1, -0.05) is 28.1 Å². The van der Waals surface area contributed by atoms with Crippen molar-refractivity contribution in [2.45, 2.75) is 19.9 Å². The molecule has 0 bridgehead atoms. The third kappa shape index (κ3) is 5.53. The van der Waals surface area contributed by atoms with Gasteiger partial charge in [-0.15, -0.1) is 12.4 Å². The number of benzene rings is 2. The summed E-state index contributed by atoms with van der Waals surface area (Å²) < 4.78 is 17.7. The molecule has 0 spiro atoms. The van der Waals surface area contributed by atoms with Gasteiger partial charge in [-0.3, -0.25) is 0 Å². The van der Waals surface area contributed by atoms with Gasteiger partial charge in [-0.05, 0) is 67.4 Å². The van der Waals surface area contributed by atoms with Gasteiger partial charge in [0.1, 0.15) is 11.5 Å². The van der Waals surface area contributed by atoms with E-state index in [0.717, 1.165) is 46.0 Å². The Morgan fingerprint density at radius 3 is 2.46 bits per heavy atom. The molecule has 0 saturated heterocycles. The van der Waals surface area contributed by atoms with E-state index < -0.39 is 0 Å². The van der Waals surface area contributed by atoms with Crippen molar-refractivity contribution >= 4 is 28.3 Å². The molecule has 0 fully saturated rings. The lowest BCUT2D eigenvalue weighted by Crippen LogP contribution is -2.16. The third-order valence-electron chi connectivity index (χ3n) is 4.44. The molecule has 4 nitrogen and oxygen atoms in total. The number of nitrogens with one attached hydrogen (secondary N) is 1. The summed E-state index contributed by atoms with van der Waals surface area (Å²) in [6.07, 6.45) is 0.903. The van der Waals surface area contributed by atoms with Gasteiger partial charge >= 0.3 is 0 Å². The molecule has 0 radical (unpaired) electrons. The fourth-order valence-corrected chi connectivity index (χ4v) is 3.15. The molecule has 1 N–H and O–H groups in total. The maximum Gasteiger partial charge on any atom is 0.160 e. The quantitative estimate of drug-likeness (QED) is 0.427. The average Bonchev–Trinajstić information content (AvgIpc) is 3.16. The van der Waals surface area contributed by atoms with Crippen LogP contribution >= 0.6 is 28.3 Å². The highest BCUT2D eigenvalue weighted by atomic mass is 79.9. The van der Waals surface area contributed by atoms with Gasteiger partial charge in [0.05, 0.1) is 20.8 Å². The number of hydrogen-bond donors (Lipinski definition) is 1. The van der Waals surface area contributed by atoms with Crippen LogP contribution in [0.2, 0.25) is 0 Å². The Morgan fingerprint density at radius 2 is 1.75 bits per heavy atom. The van der Waals surface area contributed by atoms with Crippen molar-refractivity contribution in [1.29, 1.82) is 0 Å². The zero-order valence-electron chi connectivity index (χ0n) is 16.3. The van der Waals surface area contributed by atoms with Crippen molar-refractivity contribution in [3.8, 4) is 22.8 Å². The van der Waals surface area contributed by atoms with Crippen LogP contribution in [0, 0.1) is 6.92 Å². The van der Waals surface area contributed by atoms with Crippen molar-refractivity contribution in [3.63, 3.8) is 0 Å². The topological polar surface area (TPSA) is 43.6 Å². The van der Waals surface area contributed by atoms with Crippen LogP contribution in [0.25, 0.3) is 11.3 Å². The molecule has 3 aromatic rings. The van der Waals surface area contributed by atoms with E-state index in [2.05, 4.69) is 46.4 Å². The molecule has 28 heavy (non-hydrogen) atoms. The van der Waals surface area contributed by atoms with Gasteiger partial charge in [0.25, 0.3) is 0 Å². The molecule has 0 aliphatic carbocycles. The summed E-state index contributed by atoms with van der Waals surface area (Å²) in [5.41, 5.74) is 3.48. The lowest BCUT2D eigenvalue weighted by molar-refractivity contribution is 0.354. The van der Waals surface area contributed by atoms with Crippen molar-refractivity contribution < 1.29 is 13.9 Å². The smallest absolute Gasteiger partial charge is 0.160 e. The Hall–Kier alpha value is -1.95. The van der Waals surface area contributed by atoms with Gasteiger partial charge in [-0.25, -0.2) is 0 Å². The maximum absolute atomic E-state index is 5.97. The Morgan fingerprint density at radius 1 is 0.964 bits per heavy atom. The van der Waals surface area contributed by atoms with Gasteiger partial charge in [0, 0.05) is 10.0 Å². The maximum atomic E-state index is 5.97. The van der Waals surface area contributed by atoms with Gasteiger partial charge in [-0.2, -0.15) is 0 Å². The zero-order chi connectivity index (χ0) is 19.2. The Bertz CT molecular complexity index is 911. The molecule has 0 amide bonds. The van der Waals surface area contributed by atoms with E-state index in [9.17, 15) is 0 Å². The zero-order valence-corrected chi connectivity index (χ0v) is 18.7. The van der Waals surface area contributed by atoms with Crippen molar-refractivity contribution in [3.05, 3.63) is 69.9 Å². The fraction of sp³-hybridized carbons (Fsp3) is 0.273. The highest BCUT2D eigenvalue weighted by Gasteiger charge is 2.07. The van der Waals surface area contributed by atoms with E-state index >= 15 is 0 Å². The summed E-state index contributed by atoms with van der Waals surface area (Å²) in [6.45, 7) is 3.62. The second-order valence-electron chi connectivity index (χ2n) is 6.35. The molecule has 0 aliphatic heterocycles. The minimum absolute atomic E-state index is 0. The number of hydrogen-bond acceptors (Lipinski definition) is 4. The number of aryl methyl sites for hydroxylation is 1. The molecule has 0 aliphatic rings. The molecule has 1 aromatic heterocycles. The summed E-state index contributed by atoms with van der Waals surface area (Å²) in [7, 11) is 3.30. The second kappa shape index (κ2) is 10.6. The summed E-state index contributed by atoms with van der Waals surface area (Å²) in [6, 6.07) is 16.3. The van der Waals surface area contributed by atoms with E-state index in [1.165, 1.54) is 11.1 Å². The standard InChI is InChI=1S/C22H24BrNO3.ClH/c1-15-12-17(5-7-19(15)23)20-9-6-18(27-20)14-24-11-10-16-4-8-21(25-2)22(13-16)26-3;/h4-9,12-13,24H,10-11,14H2,1-3H3;1H. The first-order valence-corrected chi connectivity index (χ1v) is 9.67. The van der Waals surface area contributed by atoms with E-state index in [0.29, 0.717) is 6.54 Å². The first kappa shape index (κ1) is 22.3. The van der Waals surface area contributed by atoms with E-state index in [1.54, 1.807) is 14.2 Å². The van der Waals surface area contributed by atoms with E-state index in [4.69, 9.17) is 13.9 Å². The molecule has 0 atom stereocenters. The minimum atomic E-state index is 0. The summed E-state index contributed by atoms with van der Waals surface area (Å²) in [5.74, 6) is 3.33. The molecule has 150 valence electrons. The Balaban J connectivity index is 0.00000280. The fourth-order valence-electron chi connectivity index (χ4n) is 2.91. The largest absolute Gasteiger partial charge is 0.493 e. The summed E-state index contributed by atoms with van der Waals surface area (Å²) in [5, 5.41) is 3.43. The molecule has 0 unspecified atom stereocenters. The van der Waals surface area contributed by atoms with Crippen LogP contribution in [-0.2, 0) is 13.0 Å². The van der Waals surface area contributed by atoms with Crippen LogP contribution in [0.4, 0.5) is 0 Å². The van der Waals surface area contributed by atoms with Crippen molar-refractivity contribution in [2.75, 3.05) is 20.8 Å². The highest BCUT2D eigenvalue weighted by molar-refractivity contribution is 9.10. The van der Waals surface area contributed by atoms with Crippen LogP contribution in [0.1, 0.15) is 16.9 Å². The van der Waals surface area contributed by atoms with Crippen molar-refractivity contribution in [1.82, 2.24) is 5.32 Å². The Kier molecular flexibility index (Phi) is 8.42. The van der Waals surface area contributed by atoms with Crippen LogP contribution in [0.15, 0.2) is 57.4 Å². The van der Waals surface area contributed by atoms with Gasteiger partial charge in [0.2, 0.25) is 0 Å². The second-order valence-corrected chi connectivity index (χ2v) is 7.20. The minimum Gasteiger partial charge on any atom is -0.493 e. The van der Waals surface area contributed by atoms with Crippen molar-refractivity contribution in [2.24, 2.45) is 0 Å². The average molecular weight is 467 g/mol. The normalized spacial score (nSPS) is 10.4. The van der Waals surface area contributed by atoms with E-state index in [1.807, 2.05) is 30.3 Å². The van der Waals surface area contributed by atoms with Crippen LogP contribution in [-0.4, -0.2) is 20.8 Å². The predicted octanol–water partition coefficient (Wildman–Crippen LogP) is 5.79. The molecular formula is C22H25BrClNO3. The van der Waals surface area contributed by atoms with Gasteiger partial charge in [0.15, 0.2) is 11.5 Å². The van der Waals surface area contributed by atoms with Gasteiger partial charge < -0.3 is 19.2 Å².